The van der Waals surface area contributed by atoms with E-state index in [1.165, 1.54) is 0 Å². The molecular weight excluding hydrogens is 332 g/mol. The van der Waals surface area contributed by atoms with Crippen molar-refractivity contribution < 1.29 is 38.4 Å². The molecule has 0 radical (unpaired) electrons. The van der Waals surface area contributed by atoms with E-state index in [-0.39, 0.29) is 31.8 Å². The van der Waals surface area contributed by atoms with Gasteiger partial charge in [-0.05, 0) is 12.8 Å². The van der Waals surface area contributed by atoms with E-state index >= 15 is 0 Å². The summed E-state index contributed by atoms with van der Waals surface area (Å²) < 4.78 is 20.6. The van der Waals surface area contributed by atoms with Gasteiger partial charge < -0.3 is 24.1 Å². The molecule has 8 heteroatoms. The lowest BCUT2D eigenvalue weighted by molar-refractivity contribution is -0.168. The Labute approximate surface area is 148 Å². The molecule has 0 saturated carbocycles. The Hall–Kier alpha value is -1.93. The SMILES string of the molecule is C=C(CC(=O)O)C(=O)OC(CCOCCC)C(=O)OCCOCCC. The van der Waals surface area contributed by atoms with Crippen molar-refractivity contribution in [2.24, 2.45) is 0 Å². The summed E-state index contributed by atoms with van der Waals surface area (Å²) in [5.41, 5.74) is -0.244. The molecule has 0 aliphatic carbocycles. The third-order valence-electron chi connectivity index (χ3n) is 2.86. The van der Waals surface area contributed by atoms with Gasteiger partial charge in [0, 0.05) is 25.2 Å². The van der Waals surface area contributed by atoms with E-state index in [2.05, 4.69) is 6.58 Å². The summed E-state index contributed by atoms with van der Waals surface area (Å²) >= 11 is 0. The number of aliphatic carboxylic acids is 1. The van der Waals surface area contributed by atoms with Gasteiger partial charge in [-0.25, -0.2) is 9.59 Å². The van der Waals surface area contributed by atoms with Gasteiger partial charge in [0.2, 0.25) is 6.10 Å². The molecule has 0 saturated heterocycles. The molecule has 0 aromatic heterocycles. The maximum atomic E-state index is 12.1. The maximum Gasteiger partial charge on any atom is 0.347 e. The van der Waals surface area contributed by atoms with Crippen LogP contribution in [0.4, 0.5) is 0 Å². The molecule has 0 bridgehead atoms. The first-order valence-electron chi connectivity index (χ1n) is 8.35. The second-order valence-electron chi connectivity index (χ2n) is 5.25. The number of carbonyl (C=O) groups is 3. The van der Waals surface area contributed by atoms with Gasteiger partial charge in [0.05, 0.1) is 19.6 Å². The number of hydrogen-bond acceptors (Lipinski definition) is 7. The van der Waals surface area contributed by atoms with Crippen LogP contribution in [0.1, 0.15) is 39.5 Å². The summed E-state index contributed by atoms with van der Waals surface area (Å²) in [4.78, 5) is 34.5. The molecule has 1 unspecified atom stereocenters. The van der Waals surface area contributed by atoms with Crippen molar-refractivity contribution >= 4 is 17.9 Å². The Kier molecular flexibility index (Phi) is 13.3. The molecule has 8 nitrogen and oxygen atoms in total. The molecule has 0 fully saturated rings. The van der Waals surface area contributed by atoms with Gasteiger partial charge in [-0.2, -0.15) is 0 Å². The highest BCUT2D eigenvalue weighted by molar-refractivity contribution is 5.94. The van der Waals surface area contributed by atoms with E-state index in [1.54, 1.807) is 0 Å². The third-order valence-corrected chi connectivity index (χ3v) is 2.86. The number of ether oxygens (including phenoxy) is 4. The molecule has 1 atom stereocenters. The molecular formula is C17H28O8. The number of carboxylic acid groups (broad SMARTS) is 1. The van der Waals surface area contributed by atoms with E-state index in [0.717, 1.165) is 12.8 Å². The van der Waals surface area contributed by atoms with Crippen LogP contribution in [0.5, 0.6) is 0 Å². The van der Waals surface area contributed by atoms with Crippen LogP contribution < -0.4 is 0 Å². The van der Waals surface area contributed by atoms with Gasteiger partial charge in [0.25, 0.3) is 0 Å². The smallest absolute Gasteiger partial charge is 0.347 e. The summed E-state index contributed by atoms with van der Waals surface area (Å²) in [6, 6.07) is 0. The molecule has 0 aliphatic heterocycles. The Balaban J connectivity index is 4.51. The molecule has 0 aromatic rings. The number of rotatable bonds is 15. The maximum absolute atomic E-state index is 12.1. The summed E-state index contributed by atoms with van der Waals surface area (Å²) in [6.45, 7) is 8.84. The lowest BCUT2D eigenvalue weighted by Crippen LogP contribution is -2.32. The summed E-state index contributed by atoms with van der Waals surface area (Å²) in [7, 11) is 0. The van der Waals surface area contributed by atoms with Gasteiger partial charge in [0.15, 0.2) is 0 Å². The Morgan fingerprint density at radius 3 is 2.12 bits per heavy atom. The van der Waals surface area contributed by atoms with Crippen molar-refractivity contribution in [3.05, 3.63) is 12.2 Å². The quantitative estimate of drug-likeness (QED) is 0.267. The van der Waals surface area contributed by atoms with Gasteiger partial charge in [-0.15, -0.1) is 0 Å². The fraction of sp³-hybridized carbons (Fsp3) is 0.706. The highest BCUT2D eigenvalue weighted by Gasteiger charge is 2.26. The lowest BCUT2D eigenvalue weighted by atomic mass is 10.2. The molecule has 1 N–H and O–H groups in total. The highest BCUT2D eigenvalue weighted by atomic mass is 16.6. The molecule has 144 valence electrons. The summed E-state index contributed by atoms with van der Waals surface area (Å²) in [5, 5.41) is 8.67. The summed E-state index contributed by atoms with van der Waals surface area (Å²) in [6.07, 6.45) is 0.0489. The first-order valence-corrected chi connectivity index (χ1v) is 8.35. The van der Waals surface area contributed by atoms with Crippen molar-refractivity contribution in [3.63, 3.8) is 0 Å². The van der Waals surface area contributed by atoms with Gasteiger partial charge >= 0.3 is 17.9 Å². The zero-order valence-corrected chi connectivity index (χ0v) is 15.0. The first kappa shape index (κ1) is 23.1. The molecule has 25 heavy (non-hydrogen) atoms. The van der Waals surface area contributed by atoms with Crippen molar-refractivity contribution in [1.29, 1.82) is 0 Å². The molecule has 0 aliphatic rings. The Morgan fingerprint density at radius 1 is 0.960 bits per heavy atom. The highest BCUT2D eigenvalue weighted by Crippen LogP contribution is 2.09. The monoisotopic (exact) mass is 360 g/mol. The number of esters is 2. The van der Waals surface area contributed by atoms with E-state index in [0.29, 0.717) is 13.2 Å². The predicted molar refractivity (Wildman–Crippen MR) is 89.1 cm³/mol. The van der Waals surface area contributed by atoms with Crippen molar-refractivity contribution in [2.75, 3.05) is 33.0 Å². The minimum Gasteiger partial charge on any atom is -0.481 e. The van der Waals surface area contributed by atoms with Crippen LogP contribution in [0.15, 0.2) is 12.2 Å². The van der Waals surface area contributed by atoms with E-state index in [4.69, 9.17) is 24.1 Å². The average Bonchev–Trinajstić information content (AvgIpc) is 2.56. The zero-order chi connectivity index (χ0) is 19.1. The number of carboxylic acids is 1. The first-order chi connectivity index (χ1) is 11.9. The van der Waals surface area contributed by atoms with Crippen LogP contribution in [0, 0.1) is 0 Å². The minimum absolute atomic E-state index is 0.0404. The third kappa shape index (κ3) is 12.1. The predicted octanol–water partition coefficient (Wildman–Crippen LogP) is 1.72. The van der Waals surface area contributed by atoms with E-state index < -0.39 is 30.4 Å². The van der Waals surface area contributed by atoms with Gasteiger partial charge in [-0.3, -0.25) is 4.79 Å². The number of hydrogen-bond donors (Lipinski definition) is 1. The van der Waals surface area contributed by atoms with E-state index in [1.807, 2.05) is 13.8 Å². The van der Waals surface area contributed by atoms with Crippen LogP contribution >= 0.6 is 0 Å². The lowest BCUT2D eigenvalue weighted by Gasteiger charge is -2.17. The fourth-order valence-corrected chi connectivity index (χ4v) is 1.67. The minimum atomic E-state index is -1.21. The van der Waals surface area contributed by atoms with Crippen LogP contribution in [-0.4, -0.2) is 62.2 Å². The van der Waals surface area contributed by atoms with Crippen molar-refractivity contribution in [2.45, 2.75) is 45.6 Å². The van der Waals surface area contributed by atoms with Crippen molar-refractivity contribution in [3.8, 4) is 0 Å². The zero-order valence-electron chi connectivity index (χ0n) is 15.0. The second kappa shape index (κ2) is 14.4. The molecule has 0 spiro atoms. The van der Waals surface area contributed by atoms with Crippen molar-refractivity contribution in [1.82, 2.24) is 0 Å². The normalized spacial score (nSPS) is 11.6. The van der Waals surface area contributed by atoms with Crippen LogP contribution in [0.3, 0.4) is 0 Å². The molecule has 0 heterocycles. The Bertz CT molecular complexity index is 432. The van der Waals surface area contributed by atoms with Crippen LogP contribution in [-0.2, 0) is 33.3 Å². The van der Waals surface area contributed by atoms with Gasteiger partial charge in [0.1, 0.15) is 6.61 Å². The molecule has 0 rings (SSSR count). The fourth-order valence-electron chi connectivity index (χ4n) is 1.67. The van der Waals surface area contributed by atoms with Gasteiger partial charge in [-0.1, -0.05) is 20.4 Å². The van der Waals surface area contributed by atoms with Crippen LogP contribution in [0.25, 0.3) is 0 Å². The average molecular weight is 360 g/mol. The Morgan fingerprint density at radius 2 is 1.56 bits per heavy atom. The standard InChI is InChI=1S/C17H28O8/c1-4-7-22-9-6-14(17(21)24-11-10-23-8-5-2)25-16(20)13(3)12-15(18)19/h14H,3-12H2,1-2H3,(H,18,19). The number of carbonyl (C=O) groups excluding carboxylic acids is 2. The molecule has 0 amide bonds. The summed E-state index contributed by atoms with van der Waals surface area (Å²) in [5.74, 6) is -2.88. The van der Waals surface area contributed by atoms with E-state index in [9.17, 15) is 14.4 Å². The van der Waals surface area contributed by atoms with Crippen LogP contribution in [0.2, 0.25) is 0 Å². The second-order valence-corrected chi connectivity index (χ2v) is 5.25. The largest absolute Gasteiger partial charge is 0.481 e. The molecule has 0 aromatic carbocycles. The topological polar surface area (TPSA) is 108 Å².